The minimum absolute atomic E-state index is 0.481. The summed E-state index contributed by atoms with van der Waals surface area (Å²) in [5.74, 6) is 0.788. The number of rotatable bonds is 3. The Morgan fingerprint density at radius 2 is 1.86 bits per heavy atom. The number of aromatic nitrogens is 4. The van der Waals surface area contributed by atoms with E-state index in [1.54, 1.807) is 12.4 Å². The van der Waals surface area contributed by atoms with Crippen molar-refractivity contribution in [2.24, 2.45) is 7.05 Å². The second-order valence-corrected chi connectivity index (χ2v) is 5.67. The van der Waals surface area contributed by atoms with Crippen molar-refractivity contribution in [2.45, 2.75) is 13.5 Å². The third-order valence-corrected chi connectivity index (χ3v) is 4.31. The van der Waals surface area contributed by atoms with E-state index < -0.39 is 0 Å². The Hall–Kier alpha value is -1.66. The average Bonchev–Trinajstić information content (AvgIpc) is 2.81. The van der Waals surface area contributed by atoms with E-state index in [-0.39, 0.29) is 0 Å². The fourth-order valence-corrected chi connectivity index (χ4v) is 2.81. The molecule has 1 aliphatic heterocycles. The minimum atomic E-state index is 0.481. The Kier molecular flexibility index (Phi) is 4.07. The molecule has 2 aromatic rings. The topological polar surface area (TPSA) is 50.1 Å². The van der Waals surface area contributed by atoms with E-state index in [0.29, 0.717) is 5.15 Å². The molecule has 0 atom stereocenters. The maximum absolute atomic E-state index is 6.11. The second kappa shape index (κ2) is 5.99. The lowest BCUT2D eigenvalue weighted by atomic mass is 10.2. The fourth-order valence-electron chi connectivity index (χ4n) is 2.58. The molecule has 112 valence electrons. The molecular weight excluding hydrogens is 288 g/mol. The SMILES string of the molecule is Cc1c(CN2CCN(c3nccnc3Cl)CC2)cnn1C. The van der Waals surface area contributed by atoms with Crippen molar-refractivity contribution in [3.05, 3.63) is 35.0 Å². The smallest absolute Gasteiger partial charge is 0.171 e. The highest BCUT2D eigenvalue weighted by Gasteiger charge is 2.21. The summed E-state index contributed by atoms with van der Waals surface area (Å²) in [4.78, 5) is 13.1. The van der Waals surface area contributed by atoms with Crippen molar-refractivity contribution >= 4 is 17.4 Å². The van der Waals surface area contributed by atoms with Crippen LogP contribution in [0.2, 0.25) is 5.15 Å². The van der Waals surface area contributed by atoms with Gasteiger partial charge in [0.2, 0.25) is 0 Å². The van der Waals surface area contributed by atoms with E-state index >= 15 is 0 Å². The number of piperazine rings is 1. The zero-order valence-electron chi connectivity index (χ0n) is 12.3. The molecule has 3 heterocycles. The van der Waals surface area contributed by atoms with Crippen LogP contribution in [0.25, 0.3) is 0 Å². The largest absolute Gasteiger partial charge is 0.351 e. The predicted octanol–water partition coefficient (Wildman–Crippen LogP) is 1.49. The lowest BCUT2D eigenvalue weighted by Crippen LogP contribution is -2.46. The van der Waals surface area contributed by atoms with E-state index in [2.05, 4.69) is 31.8 Å². The molecule has 1 saturated heterocycles. The van der Waals surface area contributed by atoms with Gasteiger partial charge in [0.25, 0.3) is 0 Å². The zero-order chi connectivity index (χ0) is 14.8. The minimum Gasteiger partial charge on any atom is -0.351 e. The van der Waals surface area contributed by atoms with E-state index in [0.717, 1.165) is 38.5 Å². The molecule has 1 fully saturated rings. The fraction of sp³-hybridized carbons (Fsp3) is 0.500. The number of nitrogens with zero attached hydrogens (tertiary/aromatic N) is 6. The van der Waals surface area contributed by atoms with Gasteiger partial charge in [-0.1, -0.05) is 11.6 Å². The van der Waals surface area contributed by atoms with Crippen LogP contribution >= 0.6 is 11.6 Å². The zero-order valence-corrected chi connectivity index (χ0v) is 13.1. The van der Waals surface area contributed by atoms with Crippen LogP contribution in [0.4, 0.5) is 5.82 Å². The molecule has 0 bridgehead atoms. The van der Waals surface area contributed by atoms with Crippen molar-refractivity contribution in [2.75, 3.05) is 31.1 Å². The summed E-state index contributed by atoms with van der Waals surface area (Å²) in [5, 5.41) is 4.78. The van der Waals surface area contributed by atoms with Crippen molar-refractivity contribution in [1.82, 2.24) is 24.6 Å². The molecule has 0 unspecified atom stereocenters. The number of halogens is 1. The van der Waals surface area contributed by atoms with Crippen molar-refractivity contribution in [1.29, 1.82) is 0 Å². The predicted molar refractivity (Wildman–Crippen MR) is 82.5 cm³/mol. The van der Waals surface area contributed by atoms with Gasteiger partial charge < -0.3 is 4.90 Å². The maximum Gasteiger partial charge on any atom is 0.171 e. The standard InChI is InChI=1S/C14H19ClN6/c1-11-12(9-18-19(11)2)10-20-5-7-21(8-6-20)14-13(15)16-3-4-17-14/h3-4,9H,5-8,10H2,1-2H3. The summed E-state index contributed by atoms with van der Waals surface area (Å²) >= 11 is 6.11. The highest BCUT2D eigenvalue weighted by Crippen LogP contribution is 2.21. The van der Waals surface area contributed by atoms with Crippen LogP contribution in [0.1, 0.15) is 11.3 Å². The van der Waals surface area contributed by atoms with Crippen LogP contribution in [-0.4, -0.2) is 50.8 Å². The van der Waals surface area contributed by atoms with Gasteiger partial charge in [-0.2, -0.15) is 5.10 Å². The molecule has 2 aromatic heterocycles. The van der Waals surface area contributed by atoms with Gasteiger partial charge in [0.05, 0.1) is 6.20 Å². The molecule has 21 heavy (non-hydrogen) atoms. The van der Waals surface area contributed by atoms with Gasteiger partial charge in [-0.05, 0) is 6.92 Å². The van der Waals surface area contributed by atoms with Crippen LogP contribution < -0.4 is 4.90 Å². The Labute approximate surface area is 129 Å². The number of aryl methyl sites for hydroxylation is 1. The first-order valence-corrected chi connectivity index (χ1v) is 7.44. The second-order valence-electron chi connectivity index (χ2n) is 5.31. The quantitative estimate of drug-likeness (QED) is 0.860. The van der Waals surface area contributed by atoms with Crippen molar-refractivity contribution in [3.8, 4) is 0 Å². The van der Waals surface area contributed by atoms with Gasteiger partial charge >= 0.3 is 0 Å². The third kappa shape index (κ3) is 3.01. The lowest BCUT2D eigenvalue weighted by molar-refractivity contribution is 0.248. The van der Waals surface area contributed by atoms with Crippen LogP contribution in [0, 0.1) is 6.92 Å². The van der Waals surface area contributed by atoms with E-state index in [4.69, 9.17) is 11.6 Å². The van der Waals surface area contributed by atoms with Gasteiger partial charge in [0, 0.05) is 63.4 Å². The Bertz CT molecular complexity index is 618. The number of hydrogen-bond donors (Lipinski definition) is 0. The molecule has 0 saturated carbocycles. The van der Waals surface area contributed by atoms with Gasteiger partial charge in [-0.3, -0.25) is 9.58 Å². The van der Waals surface area contributed by atoms with Gasteiger partial charge in [-0.25, -0.2) is 9.97 Å². The highest BCUT2D eigenvalue weighted by atomic mass is 35.5. The van der Waals surface area contributed by atoms with E-state index in [1.807, 2.05) is 17.9 Å². The first kappa shape index (κ1) is 14.3. The molecular formula is C14H19ClN6. The Balaban J connectivity index is 1.61. The summed E-state index contributed by atoms with van der Waals surface area (Å²) in [6.07, 6.45) is 5.26. The van der Waals surface area contributed by atoms with Gasteiger partial charge in [-0.15, -0.1) is 0 Å². The Morgan fingerprint density at radius 3 is 2.48 bits per heavy atom. The summed E-state index contributed by atoms with van der Waals surface area (Å²) in [5.41, 5.74) is 2.53. The molecule has 0 radical (unpaired) electrons. The summed E-state index contributed by atoms with van der Waals surface area (Å²) < 4.78 is 1.92. The molecule has 1 aliphatic rings. The van der Waals surface area contributed by atoms with Crippen molar-refractivity contribution in [3.63, 3.8) is 0 Å². The van der Waals surface area contributed by atoms with Gasteiger partial charge in [0.15, 0.2) is 11.0 Å². The number of anilines is 1. The van der Waals surface area contributed by atoms with E-state index in [1.165, 1.54) is 11.3 Å². The molecule has 7 heteroatoms. The molecule has 3 rings (SSSR count). The Morgan fingerprint density at radius 1 is 1.14 bits per heavy atom. The average molecular weight is 307 g/mol. The van der Waals surface area contributed by atoms with Crippen LogP contribution in [0.5, 0.6) is 0 Å². The summed E-state index contributed by atoms with van der Waals surface area (Å²) in [6.45, 7) is 6.86. The third-order valence-electron chi connectivity index (χ3n) is 4.04. The molecule has 0 aliphatic carbocycles. The molecule has 0 amide bonds. The van der Waals surface area contributed by atoms with Crippen LogP contribution in [-0.2, 0) is 13.6 Å². The normalized spacial score (nSPS) is 16.4. The molecule has 0 N–H and O–H groups in total. The highest BCUT2D eigenvalue weighted by molar-refractivity contribution is 6.31. The van der Waals surface area contributed by atoms with Crippen molar-refractivity contribution < 1.29 is 0 Å². The van der Waals surface area contributed by atoms with Crippen LogP contribution in [0.3, 0.4) is 0 Å². The van der Waals surface area contributed by atoms with E-state index in [9.17, 15) is 0 Å². The first-order chi connectivity index (χ1) is 10.1. The molecule has 0 aromatic carbocycles. The van der Waals surface area contributed by atoms with Gasteiger partial charge in [0.1, 0.15) is 0 Å². The summed E-state index contributed by atoms with van der Waals surface area (Å²) in [6, 6.07) is 0. The molecule has 6 nitrogen and oxygen atoms in total. The molecule has 0 spiro atoms. The summed E-state index contributed by atoms with van der Waals surface area (Å²) in [7, 11) is 1.98. The van der Waals surface area contributed by atoms with Crippen LogP contribution in [0.15, 0.2) is 18.6 Å². The number of hydrogen-bond acceptors (Lipinski definition) is 5. The maximum atomic E-state index is 6.11. The first-order valence-electron chi connectivity index (χ1n) is 7.06. The monoisotopic (exact) mass is 306 g/mol. The lowest BCUT2D eigenvalue weighted by Gasteiger charge is -2.35.